The lowest BCUT2D eigenvalue weighted by Gasteiger charge is -2.21. The Bertz CT molecular complexity index is 441. The topological polar surface area (TPSA) is 75.6 Å². The summed E-state index contributed by atoms with van der Waals surface area (Å²) in [5.74, 6) is -0.880. The van der Waals surface area contributed by atoms with E-state index in [0.29, 0.717) is 12.8 Å². The van der Waals surface area contributed by atoms with Crippen molar-refractivity contribution >= 4 is 11.9 Å². The number of nitrogens with one attached hydrogen (secondary N) is 1. The molecule has 0 unspecified atom stereocenters. The summed E-state index contributed by atoms with van der Waals surface area (Å²) in [6.45, 7) is 10.7. The van der Waals surface area contributed by atoms with Crippen LogP contribution in [0.5, 0.6) is 0 Å². The van der Waals surface area contributed by atoms with Crippen LogP contribution in [0.4, 0.5) is 0 Å². The van der Waals surface area contributed by atoms with E-state index in [0.717, 1.165) is 6.42 Å². The molecular weight excluding hydrogens is 270 g/mol. The molecule has 0 spiro atoms. The van der Waals surface area contributed by atoms with Gasteiger partial charge in [-0.2, -0.15) is 0 Å². The van der Waals surface area contributed by atoms with Crippen molar-refractivity contribution in [3.05, 3.63) is 0 Å². The fourth-order valence-electron chi connectivity index (χ4n) is 3.63. The normalized spacial score (nSPS) is 31.7. The zero-order chi connectivity index (χ0) is 16.1. The number of hydrogen-bond acceptors (Lipinski definition) is 3. The van der Waals surface area contributed by atoms with Gasteiger partial charge in [-0.1, -0.05) is 27.7 Å². The maximum atomic E-state index is 12.4. The molecule has 5 nitrogen and oxygen atoms in total. The predicted molar refractivity (Wildman–Crippen MR) is 78.9 cm³/mol. The Morgan fingerprint density at radius 2 is 1.71 bits per heavy atom. The van der Waals surface area contributed by atoms with Crippen LogP contribution in [-0.4, -0.2) is 34.7 Å². The second kappa shape index (κ2) is 4.97. The first-order chi connectivity index (χ1) is 9.53. The van der Waals surface area contributed by atoms with Crippen LogP contribution in [-0.2, 0) is 14.3 Å². The van der Waals surface area contributed by atoms with Crippen LogP contribution in [0.25, 0.3) is 0 Å². The van der Waals surface area contributed by atoms with Gasteiger partial charge in [-0.3, -0.25) is 9.59 Å². The van der Waals surface area contributed by atoms with Gasteiger partial charge in [-0.05, 0) is 37.0 Å². The number of carbonyl (C=O) groups excluding carboxylic acids is 1. The smallest absolute Gasteiger partial charge is 0.303 e. The molecule has 1 amide bonds. The maximum Gasteiger partial charge on any atom is 0.303 e. The molecule has 0 aromatic carbocycles. The van der Waals surface area contributed by atoms with Gasteiger partial charge in [0.05, 0.1) is 6.10 Å². The summed E-state index contributed by atoms with van der Waals surface area (Å²) in [4.78, 5) is 23.0. The maximum absolute atomic E-state index is 12.4. The summed E-state index contributed by atoms with van der Waals surface area (Å²) in [5.41, 5.74) is -0.118. The largest absolute Gasteiger partial charge is 0.481 e. The first-order valence-electron chi connectivity index (χ1n) is 7.72. The van der Waals surface area contributed by atoms with Crippen LogP contribution in [0, 0.1) is 10.8 Å². The molecule has 1 saturated heterocycles. The average molecular weight is 297 g/mol. The van der Waals surface area contributed by atoms with Crippen molar-refractivity contribution < 1.29 is 19.4 Å². The summed E-state index contributed by atoms with van der Waals surface area (Å²) in [7, 11) is 0. The lowest BCUT2D eigenvalue weighted by molar-refractivity contribution is -0.138. The van der Waals surface area contributed by atoms with E-state index in [1.807, 2.05) is 0 Å². The third-order valence-corrected chi connectivity index (χ3v) is 6.45. The molecule has 1 saturated carbocycles. The van der Waals surface area contributed by atoms with Crippen LogP contribution in [0.15, 0.2) is 0 Å². The Hall–Kier alpha value is -1.10. The van der Waals surface area contributed by atoms with E-state index in [9.17, 15) is 9.59 Å². The van der Waals surface area contributed by atoms with E-state index in [2.05, 4.69) is 39.9 Å². The Balaban J connectivity index is 1.88. The summed E-state index contributed by atoms with van der Waals surface area (Å²) >= 11 is 0. The summed E-state index contributed by atoms with van der Waals surface area (Å²) in [5, 5.41) is 11.8. The zero-order valence-electron chi connectivity index (χ0n) is 13.7. The highest BCUT2D eigenvalue weighted by atomic mass is 16.5. The summed E-state index contributed by atoms with van der Waals surface area (Å²) in [6.07, 6.45) is 1.46. The molecular formula is C16H27NO4. The second-order valence-electron chi connectivity index (χ2n) is 7.62. The fraction of sp³-hybridized carbons (Fsp3) is 0.875. The number of hydrogen-bond donors (Lipinski definition) is 2. The number of amides is 1. The molecule has 1 aliphatic heterocycles. The van der Waals surface area contributed by atoms with Gasteiger partial charge in [0.2, 0.25) is 5.91 Å². The molecule has 120 valence electrons. The molecule has 1 aliphatic carbocycles. The Labute approximate surface area is 126 Å². The van der Waals surface area contributed by atoms with Gasteiger partial charge >= 0.3 is 5.97 Å². The minimum Gasteiger partial charge on any atom is -0.481 e. The van der Waals surface area contributed by atoms with Gasteiger partial charge in [0.25, 0.3) is 0 Å². The molecule has 2 fully saturated rings. The van der Waals surface area contributed by atoms with Crippen molar-refractivity contribution in [3.8, 4) is 0 Å². The highest BCUT2D eigenvalue weighted by Gasteiger charge is 2.75. The van der Waals surface area contributed by atoms with Crippen molar-refractivity contribution in [2.45, 2.75) is 78.0 Å². The lowest BCUT2D eigenvalue weighted by atomic mass is 10.0. The SMILES string of the molecule is CC1(C)C(C)(C)C1(C)NC(=O)[C@@H]1CC[C@H](CCC(=O)O)O1. The monoisotopic (exact) mass is 297 g/mol. The second-order valence-corrected chi connectivity index (χ2v) is 7.62. The highest BCUT2D eigenvalue weighted by molar-refractivity contribution is 5.82. The quantitative estimate of drug-likeness (QED) is 0.816. The Morgan fingerprint density at radius 3 is 2.19 bits per heavy atom. The van der Waals surface area contributed by atoms with Gasteiger partial charge in [-0.25, -0.2) is 0 Å². The molecule has 0 aromatic rings. The summed E-state index contributed by atoms with van der Waals surface area (Å²) in [6, 6.07) is 0. The van der Waals surface area contributed by atoms with Crippen molar-refractivity contribution in [1.82, 2.24) is 5.32 Å². The van der Waals surface area contributed by atoms with E-state index < -0.39 is 12.1 Å². The van der Waals surface area contributed by atoms with E-state index in [1.165, 1.54) is 0 Å². The van der Waals surface area contributed by atoms with E-state index in [-0.39, 0.29) is 34.8 Å². The molecule has 2 atom stereocenters. The number of aliphatic carboxylic acids is 1. The molecule has 2 N–H and O–H groups in total. The van der Waals surface area contributed by atoms with Crippen LogP contribution in [0.2, 0.25) is 0 Å². The third kappa shape index (κ3) is 2.45. The van der Waals surface area contributed by atoms with E-state index >= 15 is 0 Å². The van der Waals surface area contributed by atoms with Crippen molar-refractivity contribution in [2.24, 2.45) is 10.8 Å². The third-order valence-electron chi connectivity index (χ3n) is 6.45. The Kier molecular flexibility index (Phi) is 3.85. The van der Waals surface area contributed by atoms with Crippen molar-refractivity contribution in [1.29, 1.82) is 0 Å². The van der Waals surface area contributed by atoms with E-state index in [1.54, 1.807) is 0 Å². The molecule has 5 heteroatoms. The van der Waals surface area contributed by atoms with E-state index in [4.69, 9.17) is 9.84 Å². The van der Waals surface area contributed by atoms with Gasteiger partial charge in [0.1, 0.15) is 6.10 Å². The lowest BCUT2D eigenvalue weighted by Crippen LogP contribution is -2.45. The molecule has 0 aromatic heterocycles. The number of rotatable bonds is 5. The highest BCUT2D eigenvalue weighted by Crippen LogP contribution is 2.71. The molecule has 0 bridgehead atoms. The molecule has 2 aliphatic rings. The predicted octanol–water partition coefficient (Wildman–Crippen LogP) is 2.34. The number of carbonyl (C=O) groups is 2. The fourth-order valence-corrected chi connectivity index (χ4v) is 3.63. The van der Waals surface area contributed by atoms with Gasteiger partial charge in [0.15, 0.2) is 0 Å². The molecule has 1 heterocycles. The molecule has 0 radical (unpaired) electrons. The minimum atomic E-state index is -0.819. The zero-order valence-corrected chi connectivity index (χ0v) is 13.7. The summed E-state index contributed by atoms with van der Waals surface area (Å²) < 4.78 is 5.71. The number of carboxylic acid groups (broad SMARTS) is 1. The number of carboxylic acids is 1. The van der Waals surface area contributed by atoms with Crippen LogP contribution < -0.4 is 5.32 Å². The van der Waals surface area contributed by atoms with Crippen LogP contribution in [0.3, 0.4) is 0 Å². The minimum absolute atomic E-state index is 0.0526. The molecule has 21 heavy (non-hydrogen) atoms. The van der Waals surface area contributed by atoms with Crippen LogP contribution in [0.1, 0.15) is 60.3 Å². The average Bonchev–Trinajstić information content (AvgIpc) is 2.79. The first kappa shape index (κ1) is 16.3. The van der Waals surface area contributed by atoms with Gasteiger partial charge < -0.3 is 15.2 Å². The Morgan fingerprint density at radius 1 is 1.14 bits per heavy atom. The van der Waals surface area contributed by atoms with Crippen LogP contribution >= 0.6 is 0 Å². The first-order valence-corrected chi connectivity index (χ1v) is 7.72. The van der Waals surface area contributed by atoms with Gasteiger partial charge in [-0.15, -0.1) is 0 Å². The van der Waals surface area contributed by atoms with Crippen molar-refractivity contribution in [2.75, 3.05) is 0 Å². The number of ether oxygens (including phenoxy) is 1. The molecule has 2 rings (SSSR count). The standard InChI is InChI=1S/C16H27NO4/c1-14(2)15(3,4)16(14,5)17-13(20)11-8-6-10(21-11)7-9-12(18)19/h10-11H,6-9H2,1-5H3,(H,17,20)(H,18,19)/t10-,11+/m1/s1. The van der Waals surface area contributed by atoms with Gasteiger partial charge in [0, 0.05) is 12.0 Å². The van der Waals surface area contributed by atoms with Crippen molar-refractivity contribution in [3.63, 3.8) is 0 Å².